The summed E-state index contributed by atoms with van der Waals surface area (Å²) in [5, 5.41) is 16.7. The number of piperidine rings is 1. The Morgan fingerprint density at radius 2 is 1.91 bits per heavy atom. The molecule has 34 heavy (non-hydrogen) atoms. The van der Waals surface area contributed by atoms with Crippen LogP contribution in [0.4, 0.5) is 0 Å². The molecule has 0 aliphatic carbocycles. The summed E-state index contributed by atoms with van der Waals surface area (Å²) < 4.78 is 8.60. The third-order valence-corrected chi connectivity index (χ3v) is 6.68. The van der Waals surface area contributed by atoms with Crippen molar-refractivity contribution in [3.63, 3.8) is 0 Å². The van der Waals surface area contributed by atoms with Crippen molar-refractivity contribution < 1.29 is 9.84 Å². The minimum absolute atomic E-state index is 0.198. The lowest BCUT2D eigenvalue weighted by Crippen LogP contribution is -2.47. The van der Waals surface area contributed by atoms with Gasteiger partial charge in [0.1, 0.15) is 17.5 Å². The highest BCUT2D eigenvalue weighted by atomic mass is 35.5. The summed E-state index contributed by atoms with van der Waals surface area (Å²) in [7, 11) is 1.64. The Labute approximate surface area is 202 Å². The SMILES string of the molecule is COc1cc(Cl)ccc1CN1CCC(O)(Cn2cnc3c(cnn3-c3ccccc3)c2=O)CC1. The number of aromatic nitrogens is 4. The molecular formula is C25H26ClN5O3. The molecule has 0 atom stereocenters. The van der Waals surface area contributed by atoms with E-state index in [0.717, 1.165) is 17.0 Å². The van der Waals surface area contributed by atoms with Crippen LogP contribution >= 0.6 is 11.6 Å². The molecule has 0 unspecified atom stereocenters. The van der Waals surface area contributed by atoms with E-state index in [1.54, 1.807) is 18.0 Å². The summed E-state index contributed by atoms with van der Waals surface area (Å²) in [6.45, 7) is 2.32. The van der Waals surface area contributed by atoms with Gasteiger partial charge in [0.25, 0.3) is 5.56 Å². The van der Waals surface area contributed by atoms with E-state index < -0.39 is 5.60 Å². The Balaban J connectivity index is 1.29. The lowest BCUT2D eigenvalue weighted by Gasteiger charge is -2.38. The zero-order chi connectivity index (χ0) is 23.7. The molecule has 0 radical (unpaired) electrons. The van der Waals surface area contributed by atoms with Crippen molar-refractivity contribution >= 4 is 22.6 Å². The average molecular weight is 480 g/mol. The molecule has 1 fully saturated rings. The van der Waals surface area contributed by atoms with Gasteiger partial charge >= 0.3 is 0 Å². The fourth-order valence-electron chi connectivity index (χ4n) is 4.51. The molecule has 1 aliphatic rings. The van der Waals surface area contributed by atoms with Gasteiger partial charge in [-0.2, -0.15) is 5.10 Å². The maximum Gasteiger partial charge on any atom is 0.264 e. The van der Waals surface area contributed by atoms with Gasteiger partial charge in [0.2, 0.25) is 0 Å². The summed E-state index contributed by atoms with van der Waals surface area (Å²) in [6.07, 6.45) is 4.16. The van der Waals surface area contributed by atoms with Crippen molar-refractivity contribution in [1.29, 1.82) is 0 Å². The molecule has 8 nitrogen and oxygen atoms in total. The van der Waals surface area contributed by atoms with Crippen LogP contribution in [-0.4, -0.2) is 55.1 Å². The molecule has 0 spiro atoms. The van der Waals surface area contributed by atoms with E-state index in [2.05, 4.69) is 15.0 Å². The maximum atomic E-state index is 13.1. The summed E-state index contributed by atoms with van der Waals surface area (Å²) in [6, 6.07) is 15.2. The van der Waals surface area contributed by atoms with Crippen molar-refractivity contribution in [3.05, 3.63) is 82.0 Å². The highest BCUT2D eigenvalue weighted by molar-refractivity contribution is 6.30. The van der Waals surface area contributed by atoms with Crippen molar-refractivity contribution in [2.45, 2.75) is 31.5 Å². The normalized spacial score (nSPS) is 16.1. The highest BCUT2D eigenvalue weighted by Gasteiger charge is 2.33. The van der Waals surface area contributed by atoms with E-state index in [1.807, 2.05) is 48.5 Å². The van der Waals surface area contributed by atoms with Crippen molar-refractivity contribution in [2.75, 3.05) is 20.2 Å². The second kappa shape index (κ2) is 9.21. The molecule has 4 aromatic rings. The van der Waals surface area contributed by atoms with Crippen molar-refractivity contribution in [1.82, 2.24) is 24.2 Å². The molecule has 0 saturated carbocycles. The van der Waals surface area contributed by atoms with Gasteiger partial charge < -0.3 is 9.84 Å². The number of nitrogens with zero attached hydrogens (tertiary/aromatic N) is 5. The second-order valence-electron chi connectivity index (χ2n) is 8.76. The summed E-state index contributed by atoms with van der Waals surface area (Å²) >= 11 is 6.07. The number of methoxy groups -OCH3 is 1. The molecular weight excluding hydrogens is 454 g/mol. The van der Waals surface area contributed by atoms with E-state index in [-0.39, 0.29) is 12.1 Å². The highest BCUT2D eigenvalue weighted by Crippen LogP contribution is 2.28. The van der Waals surface area contributed by atoms with Crippen molar-refractivity contribution in [2.24, 2.45) is 0 Å². The number of para-hydroxylation sites is 1. The van der Waals surface area contributed by atoms with E-state index in [4.69, 9.17) is 16.3 Å². The van der Waals surface area contributed by atoms with E-state index >= 15 is 0 Å². The molecule has 3 heterocycles. The van der Waals surface area contributed by atoms with Crippen LogP contribution in [-0.2, 0) is 13.1 Å². The molecule has 5 rings (SSSR count). The number of hydrogen-bond acceptors (Lipinski definition) is 6. The largest absolute Gasteiger partial charge is 0.496 e. The monoisotopic (exact) mass is 479 g/mol. The van der Waals surface area contributed by atoms with Crippen LogP contribution < -0.4 is 10.3 Å². The quantitative estimate of drug-likeness (QED) is 0.457. The van der Waals surface area contributed by atoms with Crippen LogP contribution in [0.2, 0.25) is 5.02 Å². The Morgan fingerprint density at radius 1 is 1.15 bits per heavy atom. The van der Waals surface area contributed by atoms with Gasteiger partial charge in [0.15, 0.2) is 5.65 Å². The Morgan fingerprint density at radius 3 is 2.65 bits per heavy atom. The lowest BCUT2D eigenvalue weighted by molar-refractivity contribution is -0.0365. The van der Waals surface area contributed by atoms with Crippen LogP contribution in [0.15, 0.2) is 65.8 Å². The van der Waals surface area contributed by atoms with E-state index in [1.165, 1.54) is 10.9 Å². The predicted molar refractivity (Wildman–Crippen MR) is 131 cm³/mol. The van der Waals surface area contributed by atoms with Gasteiger partial charge in [0, 0.05) is 30.2 Å². The lowest BCUT2D eigenvalue weighted by atomic mass is 9.91. The fraction of sp³-hybridized carbons (Fsp3) is 0.320. The van der Waals surface area contributed by atoms with Crippen LogP contribution in [0.1, 0.15) is 18.4 Å². The van der Waals surface area contributed by atoms with Crippen molar-refractivity contribution in [3.8, 4) is 11.4 Å². The molecule has 2 aromatic carbocycles. The minimum atomic E-state index is -0.977. The minimum Gasteiger partial charge on any atom is -0.496 e. The maximum absolute atomic E-state index is 13.1. The molecule has 1 aliphatic heterocycles. The van der Waals surface area contributed by atoms with Gasteiger partial charge in [0.05, 0.1) is 31.1 Å². The molecule has 1 saturated heterocycles. The van der Waals surface area contributed by atoms with Crippen LogP contribution in [0.5, 0.6) is 5.75 Å². The Hall–Kier alpha value is -3.20. The van der Waals surface area contributed by atoms with Gasteiger partial charge in [-0.15, -0.1) is 0 Å². The van der Waals surface area contributed by atoms with Gasteiger partial charge in [-0.3, -0.25) is 14.3 Å². The van der Waals surface area contributed by atoms with Gasteiger partial charge in [-0.05, 0) is 37.1 Å². The summed E-state index contributed by atoms with van der Waals surface area (Å²) in [4.78, 5) is 19.9. The topological polar surface area (TPSA) is 85.4 Å². The first-order chi connectivity index (χ1) is 16.5. The first-order valence-electron chi connectivity index (χ1n) is 11.2. The first-order valence-corrected chi connectivity index (χ1v) is 11.6. The van der Waals surface area contributed by atoms with E-state index in [0.29, 0.717) is 48.5 Å². The first kappa shape index (κ1) is 22.6. The molecule has 2 aromatic heterocycles. The molecule has 0 bridgehead atoms. The number of benzene rings is 2. The zero-order valence-corrected chi connectivity index (χ0v) is 19.6. The zero-order valence-electron chi connectivity index (χ0n) is 18.9. The van der Waals surface area contributed by atoms with E-state index in [9.17, 15) is 9.90 Å². The number of rotatable bonds is 6. The number of ether oxygens (including phenoxy) is 1. The molecule has 9 heteroatoms. The number of halogens is 1. The van der Waals surface area contributed by atoms with Crippen LogP contribution in [0.3, 0.4) is 0 Å². The second-order valence-corrected chi connectivity index (χ2v) is 9.20. The Kier molecular flexibility index (Phi) is 6.12. The number of likely N-dealkylation sites (tertiary alicyclic amines) is 1. The van der Waals surface area contributed by atoms with Gasteiger partial charge in [-0.1, -0.05) is 35.9 Å². The summed E-state index contributed by atoms with van der Waals surface area (Å²) in [5.41, 5.74) is 1.22. The number of hydrogen-bond donors (Lipinski definition) is 1. The standard InChI is InChI=1S/C25H26ClN5O3/c1-34-22-13-19(26)8-7-18(22)15-29-11-9-25(33,10-12-29)16-30-17-27-23-21(24(30)32)14-28-31(23)20-5-3-2-4-6-20/h2-8,13-14,17,33H,9-12,15-16H2,1H3. The predicted octanol–water partition coefficient (Wildman–Crippen LogP) is 3.27. The molecule has 0 amide bonds. The molecule has 176 valence electrons. The number of fused-ring (bicyclic) bond motifs is 1. The van der Waals surface area contributed by atoms with Gasteiger partial charge in [-0.25, -0.2) is 9.67 Å². The third kappa shape index (κ3) is 4.44. The smallest absolute Gasteiger partial charge is 0.264 e. The fourth-order valence-corrected chi connectivity index (χ4v) is 4.67. The average Bonchev–Trinajstić information content (AvgIpc) is 3.29. The number of aliphatic hydroxyl groups is 1. The third-order valence-electron chi connectivity index (χ3n) is 6.45. The van der Waals surface area contributed by atoms with Crippen LogP contribution in [0, 0.1) is 0 Å². The van der Waals surface area contributed by atoms with Crippen LogP contribution in [0.25, 0.3) is 16.7 Å². The molecule has 1 N–H and O–H groups in total. The summed E-state index contributed by atoms with van der Waals surface area (Å²) in [5.74, 6) is 0.760. The Bertz CT molecular complexity index is 1360.